The monoisotopic (exact) mass is 281 g/mol. The standard InChI is InChI=1S/C18H19NO2/c20-18(21)17-7-4-12-19(17)13-14-8-10-16(11-9-14)15-5-2-1-3-6-15/h1-3,5-6,8-11,17H,4,7,12-13H2,(H,20,21). The van der Waals surface area contributed by atoms with Gasteiger partial charge in [0.15, 0.2) is 0 Å². The molecule has 2 aromatic rings. The highest BCUT2D eigenvalue weighted by Gasteiger charge is 2.30. The molecular weight excluding hydrogens is 262 g/mol. The minimum Gasteiger partial charge on any atom is -0.480 e. The molecule has 0 aliphatic carbocycles. The molecule has 1 unspecified atom stereocenters. The Bertz CT molecular complexity index is 607. The fourth-order valence-corrected chi connectivity index (χ4v) is 2.96. The van der Waals surface area contributed by atoms with Crippen LogP contribution in [0.15, 0.2) is 54.6 Å². The maximum atomic E-state index is 11.2. The van der Waals surface area contributed by atoms with Crippen LogP contribution in [0.25, 0.3) is 11.1 Å². The summed E-state index contributed by atoms with van der Waals surface area (Å²) in [7, 11) is 0. The van der Waals surface area contributed by atoms with Crippen molar-refractivity contribution in [3.63, 3.8) is 0 Å². The highest BCUT2D eigenvalue weighted by atomic mass is 16.4. The second kappa shape index (κ2) is 6.10. The topological polar surface area (TPSA) is 40.5 Å². The van der Waals surface area contributed by atoms with E-state index in [2.05, 4.69) is 41.3 Å². The Balaban J connectivity index is 1.72. The third kappa shape index (κ3) is 3.14. The van der Waals surface area contributed by atoms with E-state index in [1.807, 2.05) is 18.2 Å². The average Bonchev–Trinajstić information content (AvgIpc) is 2.97. The molecule has 2 aromatic carbocycles. The maximum absolute atomic E-state index is 11.2. The van der Waals surface area contributed by atoms with E-state index in [-0.39, 0.29) is 6.04 Å². The fraction of sp³-hybridized carbons (Fsp3) is 0.278. The van der Waals surface area contributed by atoms with Gasteiger partial charge in [0.25, 0.3) is 0 Å². The molecule has 1 N–H and O–H groups in total. The van der Waals surface area contributed by atoms with Crippen LogP contribution >= 0.6 is 0 Å². The number of aliphatic carboxylic acids is 1. The fourth-order valence-electron chi connectivity index (χ4n) is 2.96. The Kier molecular flexibility index (Phi) is 4.02. The zero-order valence-electron chi connectivity index (χ0n) is 11.9. The van der Waals surface area contributed by atoms with E-state index in [9.17, 15) is 9.90 Å². The molecule has 21 heavy (non-hydrogen) atoms. The minimum atomic E-state index is -0.701. The molecule has 3 rings (SSSR count). The molecule has 0 spiro atoms. The van der Waals surface area contributed by atoms with E-state index >= 15 is 0 Å². The van der Waals surface area contributed by atoms with E-state index in [1.54, 1.807) is 0 Å². The normalized spacial score (nSPS) is 18.8. The summed E-state index contributed by atoms with van der Waals surface area (Å²) >= 11 is 0. The molecule has 0 aromatic heterocycles. The number of likely N-dealkylation sites (tertiary alicyclic amines) is 1. The van der Waals surface area contributed by atoms with Crippen molar-refractivity contribution in [1.29, 1.82) is 0 Å². The van der Waals surface area contributed by atoms with E-state index in [4.69, 9.17) is 0 Å². The predicted octanol–water partition coefficient (Wildman–Crippen LogP) is 3.40. The SMILES string of the molecule is O=C(O)C1CCCN1Cc1ccc(-c2ccccc2)cc1. The molecular formula is C18H19NO2. The third-order valence-electron chi connectivity index (χ3n) is 4.10. The zero-order chi connectivity index (χ0) is 14.7. The highest BCUT2D eigenvalue weighted by Crippen LogP contribution is 2.23. The van der Waals surface area contributed by atoms with Gasteiger partial charge in [0.05, 0.1) is 0 Å². The number of hydrogen-bond acceptors (Lipinski definition) is 2. The Morgan fingerprint density at radius 2 is 1.71 bits per heavy atom. The largest absolute Gasteiger partial charge is 0.480 e. The van der Waals surface area contributed by atoms with Crippen LogP contribution in [0, 0.1) is 0 Å². The molecule has 1 heterocycles. The first-order valence-electron chi connectivity index (χ1n) is 7.35. The summed E-state index contributed by atoms with van der Waals surface area (Å²) in [5.74, 6) is -0.701. The number of benzene rings is 2. The van der Waals surface area contributed by atoms with Gasteiger partial charge in [-0.2, -0.15) is 0 Å². The quantitative estimate of drug-likeness (QED) is 0.933. The highest BCUT2D eigenvalue weighted by molar-refractivity contribution is 5.73. The van der Waals surface area contributed by atoms with Crippen molar-refractivity contribution in [2.24, 2.45) is 0 Å². The molecule has 108 valence electrons. The van der Waals surface area contributed by atoms with Gasteiger partial charge >= 0.3 is 5.97 Å². The van der Waals surface area contributed by atoms with Gasteiger partial charge in [-0.25, -0.2) is 0 Å². The molecule has 1 aliphatic rings. The number of rotatable bonds is 4. The maximum Gasteiger partial charge on any atom is 0.320 e. The lowest BCUT2D eigenvalue weighted by molar-refractivity contribution is -0.142. The van der Waals surface area contributed by atoms with E-state index < -0.39 is 5.97 Å². The van der Waals surface area contributed by atoms with Crippen LogP contribution in [-0.4, -0.2) is 28.6 Å². The minimum absolute atomic E-state index is 0.321. The Morgan fingerprint density at radius 1 is 1.05 bits per heavy atom. The van der Waals surface area contributed by atoms with Crippen molar-refractivity contribution >= 4 is 5.97 Å². The summed E-state index contributed by atoms with van der Waals surface area (Å²) in [6.07, 6.45) is 1.73. The second-order valence-electron chi connectivity index (χ2n) is 5.53. The van der Waals surface area contributed by atoms with Crippen molar-refractivity contribution in [3.8, 4) is 11.1 Å². The first-order chi connectivity index (χ1) is 10.2. The lowest BCUT2D eigenvalue weighted by atomic mass is 10.0. The molecule has 0 radical (unpaired) electrons. The van der Waals surface area contributed by atoms with Crippen LogP contribution in [-0.2, 0) is 11.3 Å². The van der Waals surface area contributed by atoms with Gasteiger partial charge in [0.1, 0.15) is 6.04 Å². The second-order valence-corrected chi connectivity index (χ2v) is 5.53. The van der Waals surface area contributed by atoms with E-state index in [0.29, 0.717) is 6.54 Å². The molecule has 1 atom stereocenters. The Hall–Kier alpha value is -2.13. The molecule has 1 saturated heterocycles. The summed E-state index contributed by atoms with van der Waals surface area (Å²) in [4.78, 5) is 13.3. The first kappa shape index (κ1) is 13.8. The Morgan fingerprint density at radius 3 is 2.38 bits per heavy atom. The molecule has 0 bridgehead atoms. The van der Waals surface area contributed by atoms with Crippen LogP contribution in [0.5, 0.6) is 0 Å². The number of carboxylic acid groups (broad SMARTS) is 1. The van der Waals surface area contributed by atoms with Crippen molar-refractivity contribution in [2.45, 2.75) is 25.4 Å². The van der Waals surface area contributed by atoms with Crippen LogP contribution in [0.2, 0.25) is 0 Å². The van der Waals surface area contributed by atoms with Gasteiger partial charge in [0.2, 0.25) is 0 Å². The van der Waals surface area contributed by atoms with Gasteiger partial charge in [0, 0.05) is 6.54 Å². The summed E-state index contributed by atoms with van der Waals surface area (Å²) in [6, 6.07) is 18.4. The van der Waals surface area contributed by atoms with Crippen molar-refractivity contribution in [3.05, 3.63) is 60.2 Å². The zero-order valence-corrected chi connectivity index (χ0v) is 11.9. The Labute approximate surface area is 124 Å². The molecule has 0 amide bonds. The molecule has 3 heteroatoms. The van der Waals surface area contributed by atoms with Crippen molar-refractivity contribution < 1.29 is 9.90 Å². The lowest BCUT2D eigenvalue weighted by Crippen LogP contribution is -2.35. The molecule has 1 aliphatic heterocycles. The van der Waals surface area contributed by atoms with E-state index in [1.165, 1.54) is 16.7 Å². The van der Waals surface area contributed by atoms with Crippen molar-refractivity contribution in [2.75, 3.05) is 6.54 Å². The number of carboxylic acids is 1. The summed E-state index contributed by atoms with van der Waals surface area (Å²) in [6.45, 7) is 1.59. The van der Waals surface area contributed by atoms with Gasteiger partial charge in [-0.15, -0.1) is 0 Å². The number of carbonyl (C=O) groups is 1. The van der Waals surface area contributed by atoms with Crippen LogP contribution < -0.4 is 0 Å². The summed E-state index contributed by atoms with van der Waals surface area (Å²) in [5.41, 5.74) is 3.56. The van der Waals surface area contributed by atoms with Gasteiger partial charge in [-0.05, 0) is 36.1 Å². The number of nitrogens with zero attached hydrogens (tertiary/aromatic N) is 1. The van der Waals surface area contributed by atoms with Crippen LogP contribution in [0.3, 0.4) is 0 Å². The third-order valence-corrected chi connectivity index (χ3v) is 4.10. The molecule has 3 nitrogen and oxygen atoms in total. The van der Waals surface area contributed by atoms with Crippen LogP contribution in [0.1, 0.15) is 18.4 Å². The van der Waals surface area contributed by atoms with E-state index in [0.717, 1.165) is 19.4 Å². The van der Waals surface area contributed by atoms with Crippen LogP contribution in [0.4, 0.5) is 0 Å². The van der Waals surface area contributed by atoms with Gasteiger partial charge in [-0.1, -0.05) is 54.6 Å². The van der Waals surface area contributed by atoms with Gasteiger partial charge in [-0.3, -0.25) is 9.69 Å². The predicted molar refractivity (Wildman–Crippen MR) is 82.9 cm³/mol. The first-order valence-corrected chi connectivity index (χ1v) is 7.35. The smallest absolute Gasteiger partial charge is 0.320 e. The summed E-state index contributed by atoms with van der Waals surface area (Å²) < 4.78 is 0. The lowest BCUT2D eigenvalue weighted by Gasteiger charge is -2.21. The van der Waals surface area contributed by atoms with Crippen molar-refractivity contribution in [1.82, 2.24) is 4.90 Å². The molecule has 0 saturated carbocycles. The summed E-state index contributed by atoms with van der Waals surface area (Å²) in [5, 5.41) is 9.21. The molecule has 1 fully saturated rings. The van der Waals surface area contributed by atoms with Gasteiger partial charge < -0.3 is 5.11 Å². The average molecular weight is 281 g/mol. The number of hydrogen-bond donors (Lipinski definition) is 1.